The number of hydrogen-bond donors (Lipinski definition) is 2. The molecule has 0 bridgehead atoms. The Balaban J connectivity index is 1.42. The van der Waals surface area contributed by atoms with Crippen LogP contribution >= 0.6 is 0 Å². The van der Waals surface area contributed by atoms with Gasteiger partial charge in [0.25, 0.3) is 0 Å². The quantitative estimate of drug-likeness (QED) is 0.693. The van der Waals surface area contributed by atoms with E-state index in [1.54, 1.807) is 0 Å². The Morgan fingerprint density at radius 2 is 1.76 bits per heavy atom. The highest BCUT2D eigenvalue weighted by Crippen LogP contribution is 2.33. The standard InChI is InChI=1S/C20H27F3N2O3S/c21-20(22,23)15-5-4-8-18(11-15)29(27,28)13-14-9-17(10-14)24-12-19(26)25-16-6-2-1-3-7-16/h4-5,8,11,14,16-17,24H,1-3,6-7,9-10,12-13H2,(H,25,26). The Morgan fingerprint density at radius 3 is 2.41 bits per heavy atom. The van der Waals surface area contributed by atoms with E-state index in [2.05, 4.69) is 10.6 Å². The molecule has 0 unspecified atom stereocenters. The minimum atomic E-state index is -4.57. The Bertz CT molecular complexity index is 815. The van der Waals surface area contributed by atoms with Crippen LogP contribution in [0.4, 0.5) is 13.2 Å². The first-order valence-corrected chi connectivity index (χ1v) is 11.7. The number of carbonyl (C=O) groups is 1. The third-order valence-electron chi connectivity index (χ3n) is 5.73. The lowest BCUT2D eigenvalue weighted by Crippen LogP contribution is -2.48. The Morgan fingerprint density at radius 1 is 1.07 bits per heavy atom. The summed E-state index contributed by atoms with van der Waals surface area (Å²) in [5.74, 6) is -0.341. The van der Waals surface area contributed by atoms with E-state index in [9.17, 15) is 26.4 Å². The molecule has 9 heteroatoms. The lowest BCUT2D eigenvalue weighted by Gasteiger charge is -2.36. The van der Waals surface area contributed by atoms with Crippen LogP contribution in [0.2, 0.25) is 0 Å². The fourth-order valence-electron chi connectivity index (χ4n) is 4.07. The lowest BCUT2D eigenvalue weighted by molar-refractivity contribution is -0.137. The van der Waals surface area contributed by atoms with Gasteiger partial charge in [-0.1, -0.05) is 25.3 Å². The monoisotopic (exact) mass is 432 g/mol. The zero-order valence-corrected chi connectivity index (χ0v) is 17.0. The minimum Gasteiger partial charge on any atom is -0.352 e. The average Bonchev–Trinajstić information content (AvgIpc) is 2.63. The van der Waals surface area contributed by atoms with E-state index in [0.29, 0.717) is 18.9 Å². The number of benzene rings is 1. The van der Waals surface area contributed by atoms with Crippen LogP contribution in [-0.2, 0) is 20.8 Å². The van der Waals surface area contributed by atoms with E-state index in [1.165, 1.54) is 12.5 Å². The molecule has 1 aromatic carbocycles. The maximum absolute atomic E-state index is 12.8. The Hall–Kier alpha value is -1.61. The second-order valence-corrected chi connectivity index (χ2v) is 10.2. The van der Waals surface area contributed by atoms with Gasteiger partial charge in [0.2, 0.25) is 5.91 Å². The van der Waals surface area contributed by atoms with Crippen molar-refractivity contribution in [3.63, 3.8) is 0 Å². The van der Waals surface area contributed by atoms with Gasteiger partial charge in [0.1, 0.15) is 0 Å². The van der Waals surface area contributed by atoms with Crippen LogP contribution in [0.25, 0.3) is 0 Å². The van der Waals surface area contributed by atoms with Gasteiger partial charge in [0, 0.05) is 12.1 Å². The van der Waals surface area contributed by atoms with Crippen molar-refractivity contribution in [1.82, 2.24) is 10.6 Å². The number of sulfone groups is 1. The second-order valence-electron chi connectivity index (χ2n) is 8.12. The molecule has 2 aliphatic rings. The molecule has 5 nitrogen and oxygen atoms in total. The summed E-state index contributed by atoms with van der Waals surface area (Å²) in [6.45, 7) is 0.203. The number of carbonyl (C=O) groups excluding carboxylic acids is 1. The third kappa shape index (κ3) is 6.18. The SMILES string of the molecule is O=C(CNC1CC(CS(=O)(=O)c2cccc(C(F)(F)F)c2)C1)NC1CCCCC1. The predicted molar refractivity (Wildman–Crippen MR) is 103 cm³/mol. The molecule has 0 saturated heterocycles. The van der Waals surface area contributed by atoms with E-state index < -0.39 is 21.6 Å². The van der Waals surface area contributed by atoms with Crippen molar-refractivity contribution >= 4 is 15.7 Å². The maximum Gasteiger partial charge on any atom is 0.416 e. The summed E-state index contributed by atoms with van der Waals surface area (Å²) in [5.41, 5.74) is -0.962. The summed E-state index contributed by atoms with van der Waals surface area (Å²) in [5, 5.41) is 6.16. The molecule has 0 spiro atoms. The lowest BCUT2D eigenvalue weighted by atomic mass is 9.82. The first-order valence-electron chi connectivity index (χ1n) is 10.1. The van der Waals surface area contributed by atoms with Crippen molar-refractivity contribution in [3.8, 4) is 0 Å². The highest BCUT2D eigenvalue weighted by Gasteiger charge is 2.35. The molecule has 2 fully saturated rings. The van der Waals surface area contributed by atoms with Gasteiger partial charge in [0.15, 0.2) is 9.84 Å². The molecule has 0 atom stereocenters. The van der Waals surface area contributed by atoms with E-state index in [1.807, 2.05) is 0 Å². The van der Waals surface area contributed by atoms with Crippen LogP contribution in [0.15, 0.2) is 29.2 Å². The molecular weight excluding hydrogens is 405 g/mol. The van der Waals surface area contributed by atoms with Gasteiger partial charge in [-0.25, -0.2) is 8.42 Å². The molecule has 162 valence electrons. The topological polar surface area (TPSA) is 75.3 Å². The molecule has 0 aromatic heterocycles. The number of rotatable bonds is 7. The number of halogens is 3. The van der Waals surface area contributed by atoms with Gasteiger partial charge in [-0.05, 0) is 49.8 Å². The van der Waals surface area contributed by atoms with Crippen LogP contribution in [0, 0.1) is 5.92 Å². The highest BCUT2D eigenvalue weighted by atomic mass is 32.2. The van der Waals surface area contributed by atoms with Crippen molar-refractivity contribution in [1.29, 1.82) is 0 Å². The van der Waals surface area contributed by atoms with Crippen LogP contribution in [0.5, 0.6) is 0 Å². The molecule has 3 rings (SSSR count). The summed E-state index contributed by atoms with van der Waals surface area (Å²) < 4.78 is 63.3. The van der Waals surface area contributed by atoms with Gasteiger partial charge in [-0.3, -0.25) is 4.79 Å². The van der Waals surface area contributed by atoms with Gasteiger partial charge in [-0.15, -0.1) is 0 Å². The summed E-state index contributed by atoms with van der Waals surface area (Å²) in [4.78, 5) is 11.7. The summed E-state index contributed by atoms with van der Waals surface area (Å²) in [7, 11) is -3.78. The van der Waals surface area contributed by atoms with Gasteiger partial charge >= 0.3 is 6.18 Å². The number of nitrogens with one attached hydrogen (secondary N) is 2. The van der Waals surface area contributed by atoms with Gasteiger partial charge in [0.05, 0.1) is 22.8 Å². The zero-order chi connectivity index (χ0) is 21.1. The number of hydrogen-bond acceptors (Lipinski definition) is 4. The molecule has 29 heavy (non-hydrogen) atoms. The predicted octanol–water partition coefficient (Wildman–Crippen LogP) is 3.30. The molecule has 0 aliphatic heterocycles. The maximum atomic E-state index is 12.8. The van der Waals surface area contributed by atoms with Crippen LogP contribution < -0.4 is 10.6 Å². The molecule has 0 radical (unpaired) electrons. The van der Waals surface area contributed by atoms with E-state index in [4.69, 9.17) is 0 Å². The first-order chi connectivity index (χ1) is 13.6. The second kappa shape index (κ2) is 9.04. The van der Waals surface area contributed by atoms with Crippen molar-refractivity contribution < 1.29 is 26.4 Å². The molecule has 2 saturated carbocycles. The summed E-state index contributed by atoms with van der Waals surface area (Å²) in [6, 6.07) is 4.19. The average molecular weight is 433 g/mol. The summed E-state index contributed by atoms with van der Waals surface area (Å²) >= 11 is 0. The molecule has 1 amide bonds. The smallest absolute Gasteiger partial charge is 0.352 e. The van der Waals surface area contributed by atoms with Crippen molar-refractivity contribution in [3.05, 3.63) is 29.8 Å². The molecule has 0 heterocycles. The van der Waals surface area contributed by atoms with Crippen molar-refractivity contribution in [2.24, 2.45) is 5.92 Å². The van der Waals surface area contributed by atoms with Crippen LogP contribution in [0.1, 0.15) is 50.5 Å². The van der Waals surface area contributed by atoms with Gasteiger partial charge < -0.3 is 10.6 Å². The molecule has 2 aliphatic carbocycles. The third-order valence-corrected chi connectivity index (χ3v) is 7.62. The highest BCUT2D eigenvalue weighted by molar-refractivity contribution is 7.91. The minimum absolute atomic E-state index is 0.0445. The number of amides is 1. The van der Waals surface area contributed by atoms with Crippen LogP contribution in [-0.4, -0.2) is 38.7 Å². The Kier molecular flexibility index (Phi) is 6.88. The first kappa shape index (κ1) is 22.1. The Labute approximate surface area is 169 Å². The zero-order valence-electron chi connectivity index (χ0n) is 16.2. The largest absolute Gasteiger partial charge is 0.416 e. The molecule has 1 aromatic rings. The van der Waals surface area contributed by atoms with Crippen LogP contribution in [0.3, 0.4) is 0 Å². The fraction of sp³-hybridized carbons (Fsp3) is 0.650. The van der Waals surface area contributed by atoms with E-state index >= 15 is 0 Å². The molecular formula is C20H27F3N2O3S. The van der Waals surface area contributed by atoms with Crippen molar-refractivity contribution in [2.45, 2.75) is 68.1 Å². The van der Waals surface area contributed by atoms with Crippen molar-refractivity contribution in [2.75, 3.05) is 12.3 Å². The fourth-order valence-corrected chi connectivity index (χ4v) is 5.75. The normalized spacial score (nSPS) is 23.4. The summed E-state index contributed by atoms with van der Waals surface area (Å²) in [6.07, 6.45) is 2.15. The van der Waals surface area contributed by atoms with E-state index in [-0.39, 0.29) is 41.1 Å². The molecule has 2 N–H and O–H groups in total. The van der Waals surface area contributed by atoms with E-state index in [0.717, 1.165) is 37.8 Å². The number of alkyl halides is 3. The van der Waals surface area contributed by atoms with Gasteiger partial charge in [-0.2, -0.15) is 13.2 Å².